The molecule has 3 rings (SSSR count). The van der Waals surface area contributed by atoms with Gasteiger partial charge in [-0.25, -0.2) is 0 Å². The number of rotatable bonds is 12. The first-order valence-corrected chi connectivity index (χ1v) is 13.2. The van der Waals surface area contributed by atoms with Crippen LogP contribution in [-0.4, -0.2) is 59.6 Å². The van der Waals surface area contributed by atoms with Crippen molar-refractivity contribution in [1.82, 2.24) is 15.2 Å². The van der Waals surface area contributed by atoms with Crippen LogP contribution >= 0.6 is 0 Å². The van der Waals surface area contributed by atoms with Crippen molar-refractivity contribution in [1.29, 1.82) is 0 Å². The minimum absolute atomic E-state index is 0.00414. The number of likely N-dealkylation sites (N-methyl/N-ethyl adjacent to an activating group) is 1. The molecule has 1 aromatic heterocycles. The van der Waals surface area contributed by atoms with Crippen molar-refractivity contribution in [3.63, 3.8) is 0 Å². The number of nitrogens with one attached hydrogen (secondary N) is 3. The molecule has 0 atom stereocenters. The molecule has 0 spiro atoms. The van der Waals surface area contributed by atoms with Crippen molar-refractivity contribution in [2.45, 2.75) is 54.4 Å². The fourth-order valence-corrected chi connectivity index (χ4v) is 4.43. The molecule has 2 amide bonds. The average Bonchev–Trinajstić information content (AvgIpc) is 3.34. The zero-order chi connectivity index (χ0) is 28.0. The number of benzene rings is 1. The molecule has 0 radical (unpaired) electrons. The molecule has 0 saturated carbocycles. The first-order valence-electron chi connectivity index (χ1n) is 13.2. The Labute approximate surface area is 224 Å². The number of Topliss-reactive ketones (excluding diaryl/α,β-unsaturated/α-hetero) is 1. The summed E-state index contributed by atoms with van der Waals surface area (Å²) in [5.41, 5.74) is 4.27. The lowest BCUT2D eigenvalue weighted by Gasteiger charge is -2.18. The van der Waals surface area contributed by atoms with E-state index in [-0.39, 0.29) is 36.4 Å². The molecule has 0 aliphatic carbocycles. The van der Waals surface area contributed by atoms with E-state index in [1.54, 1.807) is 38.1 Å². The molecule has 0 bridgehead atoms. The summed E-state index contributed by atoms with van der Waals surface area (Å²) in [4.78, 5) is 55.2. The molecule has 1 aromatic carbocycles. The number of aryl methyl sites for hydroxylation is 1. The van der Waals surface area contributed by atoms with E-state index in [0.717, 1.165) is 25.2 Å². The van der Waals surface area contributed by atoms with Gasteiger partial charge in [0.2, 0.25) is 0 Å². The third-order valence-corrected chi connectivity index (χ3v) is 6.83. The van der Waals surface area contributed by atoms with Crippen LogP contribution in [0.5, 0.6) is 5.75 Å². The smallest absolute Gasteiger partial charge is 0.311 e. The molecule has 1 aliphatic heterocycles. The van der Waals surface area contributed by atoms with Crippen molar-refractivity contribution >= 4 is 40.9 Å². The van der Waals surface area contributed by atoms with E-state index in [0.29, 0.717) is 46.1 Å². The topological polar surface area (TPSA) is 121 Å². The zero-order valence-corrected chi connectivity index (χ0v) is 23.1. The van der Waals surface area contributed by atoms with Crippen molar-refractivity contribution in [3.05, 3.63) is 46.3 Å². The van der Waals surface area contributed by atoms with Gasteiger partial charge in [0.25, 0.3) is 11.8 Å². The molecule has 2 heterocycles. The monoisotopic (exact) mass is 522 g/mol. The predicted octanol–water partition coefficient (Wildman–Crippen LogP) is 4.11. The van der Waals surface area contributed by atoms with Crippen LogP contribution in [0.1, 0.15) is 73.4 Å². The molecule has 0 saturated heterocycles. The highest BCUT2D eigenvalue weighted by Gasteiger charge is 2.26. The van der Waals surface area contributed by atoms with Gasteiger partial charge in [-0.15, -0.1) is 0 Å². The zero-order valence-electron chi connectivity index (χ0n) is 23.1. The minimum atomic E-state index is -0.505. The Balaban J connectivity index is 1.78. The number of H-pyrrole nitrogens is 1. The maximum atomic E-state index is 12.9. The van der Waals surface area contributed by atoms with Gasteiger partial charge in [-0.05, 0) is 56.8 Å². The van der Waals surface area contributed by atoms with Crippen LogP contribution in [0.3, 0.4) is 0 Å². The van der Waals surface area contributed by atoms with E-state index in [9.17, 15) is 19.2 Å². The van der Waals surface area contributed by atoms with Gasteiger partial charge in [0.05, 0.1) is 17.6 Å². The van der Waals surface area contributed by atoms with Gasteiger partial charge < -0.3 is 25.3 Å². The maximum absolute atomic E-state index is 12.9. The molecule has 2 aromatic rings. The number of esters is 1. The second-order valence-corrected chi connectivity index (χ2v) is 9.76. The van der Waals surface area contributed by atoms with E-state index in [2.05, 4.69) is 34.4 Å². The largest absolute Gasteiger partial charge is 0.426 e. The highest BCUT2D eigenvalue weighted by molar-refractivity contribution is 6.35. The van der Waals surface area contributed by atoms with E-state index >= 15 is 0 Å². The van der Waals surface area contributed by atoms with E-state index in [4.69, 9.17) is 4.74 Å². The molecule has 1 aliphatic rings. The second-order valence-electron chi connectivity index (χ2n) is 9.76. The molecule has 0 unspecified atom stereocenters. The van der Waals surface area contributed by atoms with Crippen molar-refractivity contribution in [3.8, 4) is 5.75 Å². The van der Waals surface area contributed by atoms with Gasteiger partial charge in [0.15, 0.2) is 0 Å². The number of aromatic amines is 1. The van der Waals surface area contributed by atoms with Crippen LogP contribution in [0, 0.1) is 19.8 Å². The van der Waals surface area contributed by atoms with Gasteiger partial charge in [0.1, 0.15) is 11.5 Å². The number of carbonyl (C=O) groups excluding carboxylic acids is 4. The van der Waals surface area contributed by atoms with Gasteiger partial charge in [-0.3, -0.25) is 19.2 Å². The number of hydrogen-bond acceptors (Lipinski definition) is 6. The number of ketones is 1. The summed E-state index contributed by atoms with van der Waals surface area (Å²) >= 11 is 0. The minimum Gasteiger partial charge on any atom is -0.426 e. The van der Waals surface area contributed by atoms with Crippen LogP contribution in [0.4, 0.5) is 5.69 Å². The fraction of sp³-hybridized carbons (Fsp3) is 0.448. The fourth-order valence-electron chi connectivity index (χ4n) is 4.43. The number of hydrogen-bond donors (Lipinski definition) is 3. The summed E-state index contributed by atoms with van der Waals surface area (Å²) in [6.07, 6.45) is 1.83. The molecular formula is C29H38N4O5. The van der Waals surface area contributed by atoms with Gasteiger partial charge >= 0.3 is 5.97 Å². The first kappa shape index (κ1) is 28.8. The summed E-state index contributed by atoms with van der Waals surface area (Å²) in [6, 6.07) is 4.92. The number of amides is 2. The Morgan fingerprint density at radius 1 is 1.11 bits per heavy atom. The summed E-state index contributed by atoms with van der Waals surface area (Å²) in [5.74, 6) is -0.788. The quantitative estimate of drug-likeness (QED) is 0.219. The Bertz CT molecular complexity index is 1250. The second kappa shape index (κ2) is 12.7. The van der Waals surface area contributed by atoms with Gasteiger partial charge in [-0.2, -0.15) is 0 Å². The number of aromatic nitrogens is 1. The van der Waals surface area contributed by atoms with E-state index in [1.165, 1.54) is 0 Å². The van der Waals surface area contributed by atoms with Gasteiger partial charge in [-0.1, -0.05) is 27.7 Å². The van der Waals surface area contributed by atoms with Crippen LogP contribution < -0.4 is 15.4 Å². The first-order chi connectivity index (χ1) is 18.0. The Hall–Kier alpha value is -3.72. The van der Waals surface area contributed by atoms with Crippen molar-refractivity contribution < 1.29 is 23.9 Å². The van der Waals surface area contributed by atoms with Crippen molar-refractivity contribution in [2.75, 3.05) is 31.5 Å². The van der Waals surface area contributed by atoms with E-state index in [1.807, 2.05) is 13.8 Å². The summed E-state index contributed by atoms with van der Waals surface area (Å²) in [5, 5.41) is 5.81. The number of ether oxygens (including phenoxy) is 1. The maximum Gasteiger partial charge on any atom is 0.311 e. The molecule has 9 heteroatoms. The Morgan fingerprint density at radius 3 is 2.47 bits per heavy atom. The lowest BCUT2D eigenvalue weighted by atomic mass is 10.0. The third kappa shape index (κ3) is 6.77. The number of anilines is 1. The van der Waals surface area contributed by atoms with Crippen LogP contribution in [-0.2, 0) is 14.4 Å². The average molecular weight is 523 g/mol. The van der Waals surface area contributed by atoms with Crippen LogP contribution in [0.15, 0.2) is 18.2 Å². The lowest BCUT2D eigenvalue weighted by molar-refractivity contribution is -0.136. The summed E-state index contributed by atoms with van der Waals surface area (Å²) < 4.78 is 5.43. The normalized spacial score (nSPS) is 13.7. The van der Waals surface area contributed by atoms with Crippen LogP contribution in [0.25, 0.3) is 11.6 Å². The number of carbonyl (C=O) groups is 4. The standard InChI is InChI=1S/C29H38N4O5/c1-7-33(8-2)14-13-30-29(37)27-18(5)24(31-19(27)6)16-22-21-15-20(9-10-23(21)32-28(22)36)38-26(35)12-11-25(34)17(3)4/h9-10,15-17,31H,7-8,11-14H2,1-6H3,(H,30,37)(H,32,36)/b22-16-. The SMILES string of the molecule is CCN(CC)CCNC(=O)c1c(C)[nH]c(/C=C2\C(=O)Nc3ccc(OC(=O)CCC(=O)C(C)C)cc32)c1C. The molecule has 38 heavy (non-hydrogen) atoms. The lowest BCUT2D eigenvalue weighted by Crippen LogP contribution is -2.35. The molecule has 9 nitrogen and oxygen atoms in total. The van der Waals surface area contributed by atoms with Crippen molar-refractivity contribution in [2.24, 2.45) is 5.92 Å². The highest BCUT2D eigenvalue weighted by atomic mass is 16.5. The Morgan fingerprint density at radius 2 is 1.82 bits per heavy atom. The highest BCUT2D eigenvalue weighted by Crippen LogP contribution is 2.36. The molecule has 3 N–H and O–H groups in total. The number of fused-ring (bicyclic) bond motifs is 1. The molecule has 204 valence electrons. The third-order valence-electron chi connectivity index (χ3n) is 6.83. The number of nitrogens with zero attached hydrogens (tertiary/aromatic N) is 1. The van der Waals surface area contributed by atoms with Gasteiger partial charge in [0, 0.05) is 48.1 Å². The summed E-state index contributed by atoms with van der Waals surface area (Å²) in [7, 11) is 0. The van der Waals surface area contributed by atoms with Crippen LogP contribution in [0.2, 0.25) is 0 Å². The Kier molecular flexibility index (Phi) is 9.63. The predicted molar refractivity (Wildman–Crippen MR) is 148 cm³/mol. The molecular weight excluding hydrogens is 484 g/mol. The molecule has 0 fully saturated rings. The summed E-state index contributed by atoms with van der Waals surface area (Å²) in [6.45, 7) is 14.6. The van der Waals surface area contributed by atoms with E-state index < -0.39 is 5.97 Å².